The van der Waals surface area contributed by atoms with Crippen molar-refractivity contribution in [3.63, 3.8) is 0 Å². The maximum absolute atomic E-state index is 11.9. The van der Waals surface area contributed by atoms with Crippen molar-refractivity contribution >= 4 is 5.91 Å². The fourth-order valence-corrected chi connectivity index (χ4v) is 2.86. The van der Waals surface area contributed by atoms with Gasteiger partial charge in [0.2, 0.25) is 11.9 Å². The van der Waals surface area contributed by atoms with Gasteiger partial charge in [0.1, 0.15) is 5.92 Å². The van der Waals surface area contributed by atoms with Gasteiger partial charge in [0.25, 0.3) is 0 Å². The minimum Gasteiger partial charge on any atom is -0.352 e. The van der Waals surface area contributed by atoms with E-state index in [1.54, 1.807) is 0 Å². The Hall–Kier alpha value is -2.70. The Morgan fingerprint density at radius 1 is 1.38 bits per heavy atom. The van der Waals surface area contributed by atoms with Crippen LogP contribution in [0.2, 0.25) is 0 Å². The number of benzene rings is 1. The Balaban J connectivity index is 1.58. The first-order chi connectivity index (χ1) is 11.4. The van der Waals surface area contributed by atoms with Crippen LogP contribution in [0.25, 0.3) is 0 Å². The molecule has 1 aliphatic rings. The second kappa shape index (κ2) is 6.43. The van der Waals surface area contributed by atoms with E-state index in [1.807, 2.05) is 48.9 Å². The van der Waals surface area contributed by atoms with Crippen LogP contribution in [0.15, 0.2) is 30.3 Å². The van der Waals surface area contributed by atoms with Crippen LogP contribution in [0.3, 0.4) is 0 Å². The van der Waals surface area contributed by atoms with Gasteiger partial charge in [-0.2, -0.15) is 5.10 Å². The Morgan fingerprint density at radius 3 is 2.75 bits per heavy atom. The van der Waals surface area contributed by atoms with E-state index in [-0.39, 0.29) is 10.8 Å². The predicted octanol–water partition coefficient (Wildman–Crippen LogP) is 1.83. The third-order valence-corrected chi connectivity index (χ3v) is 4.26. The molecule has 1 aromatic carbocycles. The molecule has 7 nitrogen and oxygen atoms in total. The molecule has 1 saturated carbocycles. The zero-order valence-electron chi connectivity index (χ0n) is 13.7. The molecule has 1 N–H and O–H groups in total. The molecule has 2 atom stereocenters. The molecule has 24 heavy (non-hydrogen) atoms. The van der Waals surface area contributed by atoms with Crippen molar-refractivity contribution in [2.24, 2.45) is 5.92 Å². The summed E-state index contributed by atoms with van der Waals surface area (Å²) in [5.41, 5.74) is 4.16. The monoisotopic (exact) mass is 328 g/mol. The summed E-state index contributed by atoms with van der Waals surface area (Å²) in [6, 6.07) is 9.25. The topological polar surface area (TPSA) is 90.1 Å². The van der Waals surface area contributed by atoms with Crippen LogP contribution in [-0.2, 0) is 17.9 Å². The maximum Gasteiger partial charge on any atom is 0.230 e. The number of carbonyl (C=O) groups is 1. The Kier molecular flexibility index (Phi) is 4.33. The number of aryl methyl sites for hydroxylation is 2. The number of hydrogen-bond acceptors (Lipinski definition) is 4. The van der Waals surface area contributed by atoms with Crippen molar-refractivity contribution in [1.29, 1.82) is 0 Å². The summed E-state index contributed by atoms with van der Waals surface area (Å²) in [7, 11) is 0. The van der Waals surface area contributed by atoms with E-state index in [1.165, 1.54) is 0 Å². The van der Waals surface area contributed by atoms with Crippen molar-refractivity contribution in [3.05, 3.63) is 63.0 Å². The molecule has 3 rings (SSSR count). The van der Waals surface area contributed by atoms with Gasteiger partial charge in [0.05, 0.1) is 12.2 Å². The maximum atomic E-state index is 11.9. The van der Waals surface area contributed by atoms with Crippen LogP contribution in [0.4, 0.5) is 0 Å². The number of hydrogen-bond donors (Lipinski definition) is 1. The molecule has 0 bridgehead atoms. The third kappa shape index (κ3) is 3.61. The average molecular weight is 328 g/mol. The number of nitro groups is 1. The number of rotatable bonds is 6. The van der Waals surface area contributed by atoms with E-state index >= 15 is 0 Å². The number of nitrogens with one attached hydrogen (secondary N) is 1. The molecule has 0 aliphatic heterocycles. The standard InChI is InChI=1S/C17H20N4O3/c1-11-6-12(2)20(19-11)10-14-5-3-4-13(7-14)9-18-17(22)15-8-16(15)21(23)24/h3-7,15-16H,8-10H2,1-2H3,(H,18,22)/t15-,16-/m0/s1. The smallest absolute Gasteiger partial charge is 0.230 e. The minimum atomic E-state index is -0.706. The molecule has 0 saturated heterocycles. The first kappa shape index (κ1) is 16.2. The van der Waals surface area contributed by atoms with Gasteiger partial charge in [-0.3, -0.25) is 19.6 Å². The van der Waals surface area contributed by atoms with E-state index in [4.69, 9.17) is 0 Å². The van der Waals surface area contributed by atoms with Crippen molar-refractivity contribution < 1.29 is 9.72 Å². The van der Waals surface area contributed by atoms with Gasteiger partial charge in [0, 0.05) is 23.6 Å². The van der Waals surface area contributed by atoms with E-state index in [2.05, 4.69) is 10.4 Å². The predicted molar refractivity (Wildman–Crippen MR) is 88.0 cm³/mol. The van der Waals surface area contributed by atoms with Crippen molar-refractivity contribution in [2.45, 2.75) is 39.4 Å². The van der Waals surface area contributed by atoms with Gasteiger partial charge in [-0.15, -0.1) is 0 Å². The molecule has 0 spiro atoms. The molecule has 1 fully saturated rings. The SMILES string of the molecule is Cc1cc(C)n(Cc2cccc(CNC(=O)[C@H]3C[C@@H]3[N+](=O)[O-])c2)n1. The van der Waals surface area contributed by atoms with E-state index < -0.39 is 12.0 Å². The quantitative estimate of drug-likeness (QED) is 0.647. The van der Waals surface area contributed by atoms with Crippen LogP contribution in [0.1, 0.15) is 28.9 Å². The second-order valence-electron chi connectivity index (χ2n) is 6.32. The molecule has 126 valence electrons. The van der Waals surface area contributed by atoms with E-state index in [9.17, 15) is 14.9 Å². The number of carbonyl (C=O) groups excluding carboxylic acids is 1. The average Bonchev–Trinajstić information content (AvgIpc) is 3.27. The normalized spacial score (nSPS) is 19.1. The third-order valence-electron chi connectivity index (χ3n) is 4.26. The van der Waals surface area contributed by atoms with Gasteiger partial charge < -0.3 is 5.32 Å². The minimum absolute atomic E-state index is 0.236. The second-order valence-corrected chi connectivity index (χ2v) is 6.32. The number of nitrogens with zero attached hydrogens (tertiary/aromatic N) is 3. The van der Waals surface area contributed by atoms with Crippen LogP contribution in [-0.4, -0.2) is 26.7 Å². The molecule has 2 aromatic rings. The van der Waals surface area contributed by atoms with Gasteiger partial charge >= 0.3 is 0 Å². The number of aromatic nitrogens is 2. The summed E-state index contributed by atoms with van der Waals surface area (Å²) in [6.07, 6.45) is 0.344. The lowest BCUT2D eigenvalue weighted by molar-refractivity contribution is -0.497. The molecule has 1 heterocycles. The fourth-order valence-electron chi connectivity index (χ4n) is 2.86. The highest BCUT2D eigenvalue weighted by Gasteiger charge is 2.53. The number of amides is 1. The largest absolute Gasteiger partial charge is 0.352 e. The summed E-state index contributed by atoms with van der Waals surface area (Å²) in [5.74, 6) is -0.710. The summed E-state index contributed by atoms with van der Waals surface area (Å²) in [5, 5.41) is 17.9. The highest BCUT2D eigenvalue weighted by molar-refractivity contribution is 5.81. The van der Waals surface area contributed by atoms with Gasteiger partial charge in [0.15, 0.2) is 0 Å². The highest BCUT2D eigenvalue weighted by atomic mass is 16.6. The molecule has 1 aromatic heterocycles. The van der Waals surface area contributed by atoms with Gasteiger partial charge in [-0.25, -0.2) is 0 Å². The lowest BCUT2D eigenvalue weighted by Crippen LogP contribution is -2.26. The van der Waals surface area contributed by atoms with Gasteiger partial charge in [-0.1, -0.05) is 24.3 Å². The van der Waals surface area contributed by atoms with Crippen molar-refractivity contribution in [3.8, 4) is 0 Å². The molecule has 7 heteroatoms. The molecule has 1 aliphatic carbocycles. The molecule has 1 amide bonds. The van der Waals surface area contributed by atoms with Crippen molar-refractivity contribution in [1.82, 2.24) is 15.1 Å². The zero-order chi connectivity index (χ0) is 17.3. The van der Waals surface area contributed by atoms with Gasteiger partial charge in [-0.05, 0) is 31.0 Å². The Bertz CT molecular complexity index is 784. The highest BCUT2D eigenvalue weighted by Crippen LogP contribution is 2.33. The lowest BCUT2D eigenvalue weighted by atomic mass is 10.1. The van der Waals surface area contributed by atoms with Crippen LogP contribution >= 0.6 is 0 Å². The first-order valence-electron chi connectivity index (χ1n) is 7.94. The molecular weight excluding hydrogens is 308 g/mol. The fraction of sp³-hybridized carbons (Fsp3) is 0.412. The van der Waals surface area contributed by atoms with Crippen molar-refractivity contribution in [2.75, 3.05) is 0 Å². The summed E-state index contributed by atoms with van der Waals surface area (Å²) < 4.78 is 1.94. The lowest BCUT2D eigenvalue weighted by Gasteiger charge is -2.08. The zero-order valence-corrected chi connectivity index (χ0v) is 13.7. The molecular formula is C17H20N4O3. The summed E-state index contributed by atoms with van der Waals surface area (Å²) in [6.45, 7) is 5.04. The molecule has 0 radical (unpaired) electrons. The summed E-state index contributed by atoms with van der Waals surface area (Å²) in [4.78, 5) is 22.1. The van der Waals surface area contributed by atoms with Crippen LogP contribution in [0.5, 0.6) is 0 Å². The Labute approximate surface area is 139 Å². The summed E-state index contributed by atoms with van der Waals surface area (Å²) >= 11 is 0. The van der Waals surface area contributed by atoms with Crippen LogP contribution < -0.4 is 5.32 Å². The van der Waals surface area contributed by atoms with Crippen LogP contribution in [0, 0.1) is 29.9 Å². The molecule has 0 unspecified atom stereocenters. The first-order valence-corrected chi connectivity index (χ1v) is 7.94. The van der Waals surface area contributed by atoms with E-state index in [0.717, 1.165) is 22.5 Å². The van der Waals surface area contributed by atoms with E-state index in [0.29, 0.717) is 19.5 Å². The Morgan fingerprint density at radius 2 is 2.12 bits per heavy atom.